The minimum atomic E-state index is -0.644. The van der Waals surface area contributed by atoms with Crippen molar-refractivity contribution in [3.63, 3.8) is 0 Å². The van der Waals surface area contributed by atoms with Crippen molar-refractivity contribution in [2.75, 3.05) is 31.6 Å². The lowest BCUT2D eigenvalue weighted by molar-refractivity contribution is -0.114. The van der Waals surface area contributed by atoms with Crippen LogP contribution in [0.5, 0.6) is 5.75 Å². The number of halogens is 2. The molecule has 2 aromatic rings. The summed E-state index contributed by atoms with van der Waals surface area (Å²) >= 11 is 12.1. The Bertz CT molecular complexity index is 917. The molecule has 0 spiro atoms. The van der Waals surface area contributed by atoms with E-state index < -0.39 is 6.10 Å². The quantitative estimate of drug-likeness (QED) is 0.501. The Labute approximate surface area is 199 Å². The maximum Gasteiger partial charge on any atom is 0.221 e. The summed E-state index contributed by atoms with van der Waals surface area (Å²) in [5.41, 5.74) is 2.72. The number of aliphatic hydroxyl groups excluding tert-OH is 1. The lowest BCUT2D eigenvalue weighted by atomic mass is 10.0. The Morgan fingerprint density at radius 2 is 1.97 bits per heavy atom. The van der Waals surface area contributed by atoms with Gasteiger partial charge < -0.3 is 20.5 Å². The largest absolute Gasteiger partial charge is 0.489 e. The molecule has 3 rings (SSSR count). The summed E-state index contributed by atoms with van der Waals surface area (Å²) in [5.74, 6) is 0.409. The second-order valence-corrected chi connectivity index (χ2v) is 9.12. The van der Waals surface area contributed by atoms with E-state index in [9.17, 15) is 9.90 Å². The van der Waals surface area contributed by atoms with Gasteiger partial charge in [-0.05, 0) is 62.2 Å². The van der Waals surface area contributed by atoms with Crippen LogP contribution in [0.25, 0.3) is 0 Å². The number of aryl methyl sites for hydroxylation is 1. The lowest BCUT2D eigenvalue weighted by Crippen LogP contribution is -2.45. The second-order valence-electron chi connectivity index (χ2n) is 8.30. The van der Waals surface area contributed by atoms with Crippen LogP contribution in [0.2, 0.25) is 10.0 Å². The van der Waals surface area contributed by atoms with Crippen LogP contribution >= 0.6 is 23.2 Å². The number of hydrogen-bond donors (Lipinski definition) is 3. The Kier molecular flexibility index (Phi) is 9.20. The van der Waals surface area contributed by atoms with Gasteiger partial charge in [0.1, 0.15) is 18.5 Å². The average molecular weight is 480 g/mol. The smallest absolute Gasteiger partial charge is 0.221 e. The Hall–Kier alpha value is -1.83. The molecule has 1 aliphatic rings. The van der Waals surface area contributed by atoms with Crippen LogP contribution in [0.1, 0.15) is 30.9 Å². The topological polar surface area (TPSA) is 73.8 Å². The number of rotatable bonds is 9. The third-order valence-electron chi connectivity index (χ3n) is 5.59. The van der Waals surface area contributed by atoms with Crippen molar-refractivity contribution in [2.24, 2.45) is 0 Å². The van der Waals surface area contributed by atoms with Gasteiger partial charge in [-0.15, -0.1) is 0 Å². The highest BCUT2D eigenvalue weighted by molar-refractivity contribution is 6.42. The molecule has 3 N–H and O–H groups in total. The van der Waals surface area contributed by atoms with Gasteiger partial charge in [-0.1, -0.05) is 41.4 Å². The highest BCUT2D eigenvalue weighted by Crippen LogP contribution is 2.28. The summed E-state index contributed by atoms with van der Waals surface area (Å²) in [7, 11) is 0. The first-order valence-electron chi connectivity index (χ1n) is 10.9. The van der Waals surface area contributed by atoms with Crippen LogP contribution in [0.4, 0.5) is 5.69 Å². The molecule has 6 nitrogen and oxygen atoms in total. The summed E-state index contributed by atoms with van der Waals surface area (Å²) in [6, 6.07) is 11.7. The van der Waals surface area contributed by atoms with E-state index in [4.69, 9.17) is 27.9 Å². The van der Waals surface area contributed by atoms with Crippen LogP contribution in [0.3, 0.4) is 0 Å². The fourth-order valence-electron chi connectivity index (χ4n) is 3.84. The highest BCUT2D eigenvalue weighted by atomic mass is 35.5. The first-order chi connectivity index (χ1) is 15.3. The van der Waals surface area contributed by atoms with E-state index in [-0.39, 0.29) is 12.5 Å². The number of anilines is 1. The summed E-state index contributed by atoms with van der Waals surface area (Å²) in [4.78, 5) is 13.8. The third kappa shape index (κ3) is 7.36. The summed E-state index contributed by atoms with van der Waals surface area (Å²) in [6.45, 7) is 6.79. The molecular weight excluding hydrogens is 449 g/mol. The van der Waals surface area contributed by atoms with Crippen LogP contribution in [0, 0.1) is 6.92 Å². The van der Waals surface area contributed by atoms with Crippen molar-refractivity contribution >= 4 is 34.8 Å². The van der Waals surface area contributed by atoms with Gasteiger partial charge in [0, 0.05) is 26.1 Å². The first kappa shape index (κ1) is 24.8. The number of hydrogen-bond acceptors (Lipinski definition) is 5. The zero-order chi connectivity index (χ0) is 23.1. The zero-order valence-corrected chi connectivity index (χ0v) is 20.0. The van der Waals surface area contributed by atoms with E-state index in [1.165, 1.54) is 6.92 Å². The maximum absolute atomic E-state index is 11.4. The van der Waals surface area contributed by atoms with Crippen molar-refractivity contribution in [3.05, 3.63) is 57.6 Å². The monoisotopic (exact) mass is 479 g/mol. The van der Waals surface area contributed by atoms with Crippen molar-refractivity contribution in [3.8, 4) is 5.75 Å². The fraction of sp³-hybridized carbons (Fsp3) is 0.458. The number of para-hydroxylation sites is 1. The molecule has 0 saturated carbocycles. The van der Waals surface area contributed by atoms with Gasteiger partial charge >= 0.3 is 0 Å². The predicted octanol–water partition coefficient (Wildman–Crippen LogP) is 4.25. The van der Waals surface area contributed by atoms with E-state index in [0.717, 1.165) is 43.6 Å². The van der Waals surface area contributed by atoms with Crippen molar-refractivity contribution < 1.29 is 14.6 Å². The lowest BCUT2D eigenvalue weighted by Gasteiger charge is -2.33. The molecule has 32 heavy (non-hydrogen) atoms. The molecule has 0 aromatic heterocycles. The number of carbonyl (C=O) groups is 1. The van der Waals surface area contributed by atoms with Crippen molar-refractivity contribution in [1.29, 1.82) is 0 Å². The molecule has 8 heteroatoms. The van der Waals surface area contributed by atoms with Gasteiger partial charge in [-0.25, -0.2) is 0 Å². The van der Waals surface area contributed by atoms with E-state index >= 15 is 0 Å². The molecule has 0 radical (unpaired) electrons. The molecule has 1 saturated heterocycles. The van der Waals surface area contributed by atoms with Gasteiger partial charge in [0.2, 0.25) is 5.91 Å². The molecule has 0 aliphatic carbocycles. The molecular formula is C24H31Cl2N3O3. The zero-order valence-electron chi connectivity index (χ0n) is 18.5. The Balaban J connectivity index is 1.39. The number of likely N-dealkylation sites (tertiary alicyclic amines) is 1. The standard InChI is InChI=1S/C24H31Cl2N3O3/c1-16-4-3-5-23(24(16)28-17(2)30)32-15-20(31)13-27-19-8-10-29(11-9-19)14-18-6-7-21(25)22(26)12-18/h3-7,12,19-20,27,31H,8-11,13-15H2,1-2H3,(H,28,30). The number of piperidine rings is 1. The van der Waals surface area contributed by atoms with Crippen LogP contribution in [0.15, 0.2) is 36.4 Å². The molecule has 1 fully saturated rings. The van der Waals surface area contributed by atoms with Gasteiger partial charge in [0.05, 0.1) is 15.7 Å². The number of aliphatic hydroxyl groups is 1. The van der Waals surface area contributed by atoms with E-state index in [2.05, 4.69) is 15.5 Å². The van der Waals surface area contributed by atoms with Gasteiger partial charge in [-0.2, -0.15) is 0 Å². The molecule has 0 bridgehead atoms. The molecule has 1 amide bonds. The number of nitrogens with one attached hydrogen (secondary N) is 2. The van der Waals surface area contributed by atoms with Crippen LogP contribution in [-0.4, -0.2) is 54.3 Å². The van der Waals surface area contributed by atoms with Gasteiger partial charge in [-0.3, -0.25) is 9.69 Å². The second kappa shape index (κ2) is 11.9. The maximum atomic E-state index is 11.4. The van der Waals surface area contributed by atoms with Crippen LogP contribution in [-0.2, 0) is 11.3 Å². The number of nitrogens with zero attached hydrogens (tertiary/aromatic N) is 1. The van der Waals surface area contributed by atoms with E-state index in [1.807, 2.05) is 37.3 Å². The predicted molar refractivity (Wildman–Crippen MR) is 130 cm³/mol. The summed E-state index contributed by atoms with van der Waals surface area (Å²) < 4.78 is 5.79. The minimum absolute atomic E-state index is 0.152. The third-order valence-corrected chi connectivity index (χ3v) is 6.33. The van der Waals surface area contributed by atoms with Gasteiger partial charge in [0.15, 0.2) is 0 Å². The average Bonchev–Trinajstić information content (AvgIpc) is 2.76. The van der Waals surface area contributed by atoms with E-state index in [1.54, 1.807) is 6.07 Å². The summed E-state index contributed by atoms with van der Waals surface area (Å²) in [5, 5.41) is 17.8. The minimum Gasteiger partial charge on any atom is -0.489 e. The highest BCUT2D eigenvalue weighted by Gasteiger charge is 2.20. The summed E-state index contributed by atoms with van der Waals surface area (Å²) in [6.07, 6.45) is 1.38. The fourth-order valence-corrected chi connectivity index (χ4v) is 4.16. The Morgan fingerprint density at radius 1 is 1.22 bits per heavy atom. The molecule has 174 valence electrons. The molecule has 1 atom stereocenters. The number of carbonyl (C=O) groups excluding carboxylic acids is 1. The molecule has 1 unspecified atom stereocenters. The Morgan fingerprint density at radius 3 is 2.66 bits per heavy atom. The first-order valence-corrected chi connectivity index (χ1v) is 11.6. The van der Waals surface area contributed by atoms with Crippen LogP contribution < -0.4 is 15.4 Å². The number of amides is 1. The molecule has 1 heterocycles. The SMILES string of the molecule is CC(=O)Nc1c(C)cccc1OCC(O)CNC1CCN(Cc2ccc(Cl)c(Cl)c2)CC1. The molecule has 1 aliphatic heterocycles. The van der Waals surface area contributed by atoms with Crippen molar-refractivity contribution in [1.82, 2.24) is 10.2 Å². The normalized spacial score (nSPS) is 16.0. The van der Waals surface area contributed by atoms with Gasteiger partial charge in [0.25, 0.3) is 0 Å². The molecule has 2 aromatic carbocycles. The number of benzene rings is 2. The van der Waals surface area contributed by atoms with E-state index in [0.29, 0.717) is 34.1 Å². The van der Waals surface area contributed by atoms with Crippen molar-refractivity contribution in [2.45, 2.75) is 45.4 Å². The number of ether oxygens (including phenoxy) is 1.